The lowest BCUT2D eigenvalue weighted by Gasteiger charge is -2.33. The molecule has 7 nitrogen and oxygen atoms in total. The fourth-order valence-electron chi connectivity index (χ4n) is 6.29. The maximum Gasteiger partial charge on any atom is 0.238 e. The number of benzene rings is 3. The van der Waals surface area contributed by atoms with E-state index in [4.69, 9.17) is 10.1 Å². The molecule has 2 atom stereocenters. The van der Waals surface area contributed by atoms with Crippen molar-refractivity contribution in [1.82, 2.24) is 15.1 Å². The summed E-state index contributed by atoms with van der Waals surface area (Å²) in [7, 11) is 1.67. The Morgan fingerprint density at radius 1 is 1.07 bits per heavy atom. The number of carbonyl (C=O) groups excluding carboxylic acids is 2. The molecule has 2 fully saturated rings. The molecule has 2 N–H and O–H groups in total. The van der Waals surface area contributed by atoms with Gasteiger partial charge in [-0.05, 0) is 72.6 Å². The molecule has 0 aromatic heterocycles. The molecule has 2 aliphatic rings. The Labute approximate surface area is 249 Å². The molecule has 5 rings (SSSR count). The van der Waals surface area contributed by atoms with Crippen molar-refractivity contribution in [2.45, 2.75) is 58.0 Å². The number of ether oxygens (including phenoxy) is 1. The quantitative estimate of drug-likeness (QED) is 0.336. The second-order valence-corrected chi connectivity index (χ2v) is 11.9. The van der Waals surface area contributed by atoms with Crippen molar-refractivity contribution in [3.8, 4) is 16.9 Å². The topological polar surface area (TPSA) is 85.7 Å². The Balaban J connectivity index is 1.36. The van der Waals surface area contributed by atoms with Crippen molar-refractivity contribution in [3.05, 3.63) is 89.5 Å². The maximum absolute atomic E-state index is 13.9. The van der Waals surface area contributed by atoms with Crippen LogP contribution in [0.15, 0.2) is 72.8 Å². The number of nitrogens with one attached hydrogen (secondary N) is 2. The molecule has 0 aliphatic carbocycles. The van der Waals surface area contributed by atoms with Crippen LogP contribution in [-0.4, -0.2) is 54.2 Å². The first-order valence-electron chi connectivity index (χ1n) is 14.9. The first-order valence-corrected chi connectivity index (χ1v) is 14.9. The summed E-state index contributed by atoms with van der Waals surface area (Å²) in [5.41, 5.74) is 4.58. The molecule has 2 amide bonds. The van der Waals surface area contributed by atoms with Crippen LogP contribution >= 0.6 is 0 Å². The predicted octanol–water partition coefficient (Wildman–Crippen LogP) is 5.94. The van der Waals surface area contributed by atoms with Crippen LogP contribution in [0.25, 0.3) is 11.1 Å². The average molecular weight is 567 g/mol. The van der Waals surface area contributed by atoms with Gasteiger partial charge in [0.1, 0.15) is 11.6 Å². The molecule has 2 saturated heterocycles. The molecule has 2 aliphatic heterocycles. The number of amidine groups is 1. The van der Waals surface area contributed by atoms with E-state index in [1.807, 2.05) is 36.1 Å². The van der Waals surface area contributed by atoms with Gasteiger partial charge >= 0.3 is 0 Å². The smallest absolute Gasteiger partial charge is 0.238 e. The highest BCUT2D eigenvalue weighted by Crippen LogP contribution is 2.39. The summed E-state index contributed by atoms with van der Waals surface area (Å²) in [6, 6.07) is 24.9. The molecule has 0 spiro atoms. The minimum atomic E-state index is -0.799. The van der Waals surface area contributed by atoms with E-state index in [1.165, 1.54) is 5.56 Å². The molecule has 3 aromatic rings. The van der Waals surface area contributed by atoms with Gasteiger partial charge < -0.3 is 15.0 Å². The van der Waals surface area contributed by atoms with E-state index >= 15 is 0 Å². The summed E-state index contributed by atoms with van der Waals surface area (Å²) >= 11 is 0. The van der Waals surface area contributed by atoms with E-state index in [-0.39, 0.29) is 17.9 Å². The van der Waals surface area contributed by atoms with Crippen LogP contribution in [-0.2, 0) is 21.5 Å². The number of hydrogen-bond donors (Lipinski definition) is 2. The number of rotatable bonds is 9. The van der Waals surface area contributed by atoms with Crippen LogP contribution in [0.4, 0.5) is 0 Å². The van der Waals surface area contributed by atoms with Crippen LogP contribution in [0.3, 0.4) is 0 Å². The Kier molecular flexibility index (Phi) is 8.78. The molecular weight excluding hydrogens is 524 g/mol. The zero-order chi connectivity index (χ0) is 29.9. The zero-order valence-electron chi connectivity index (χ0n) is 25.2. The molecule has 3 aromatic carbocycles. The van der Waals surface area contributed by atoms with Crippen LogP contribution in [0.2, 0.25) is 0 Å². The van der Waals surface area contributed by atoms with Crippen molar-refractivity contribution in [1.29, 1.82) is 5.41 Å². The molecule has 7 heteroatoms. The second kappa shape index (κ2) is 12.5. The number of nitrogens with zero attached hydrogens (tertiary/aromatic N) is 2. The van der Waals surface area contributed by atoms with Gasteiger partial charge in [-0.3, -0.25) is 19.9 Å². The predicted molar refractivity (Wildman–Crippen MR) is 167 cm³/mol. The van der Waals surface area contributed by atoms with Crippen LogP contribution in [0.5, 0.6) is 5.75 Å². The van der Waals surface area contributed by atoms with Gasteiger partial charge in [0.2, 0.25) is 11.8 Å². The molecule has 2 heterocycles. The van der Waals surface area contributed by atoms with Crippen molar-refractivity contribution in [3.63, 3.8) is 0 Å². The summed E-state index contributed by atoms with van der Waals surface area (Å²) in [5, 5.41) is 12.4. The first-order chi connectivity index (χ1) is 20.2. The van der Waals surface area contributed by atoms with Gasteiger partial charge in [0.15, 0.2) is 0 Å². The number of likely N-dealkylation sites (tertiary alicyclic amines) is 2. The largest absolute Gasteiger partial charge is 0.497 e. The molecule has 0 radical (unpaired) electrons. The third-order valence-corrected chi connectivity index (χ3v) is 9.09. The highest BCUT2D eigenvalue weighted by Gasteiger charge is 2.48. The van der Waals surface area contributed by atoms with Gasteiger partial charge in [-0.25, -0.2) is 0 Å². The third-order valence-electron chi connectivity index (χ3n) is 9.09. The standard InChI is InChI=1S/C35H42N4O3/c1-24(27-9-6-5-7-10-27)37-22-29-13-14-31(42-4)20-32(29)28-11-8-12-30(19-28)35(3)21-33(36)39(34(35)41)23-26-15-17-38(18-16-26)25(2)40/h5-14,19-20,24,26,36-37H,15-18,21-23H2,1-4H3. The fraction of sp³-hybridized carbons (Fsp3) is 0.400. The first kappa shape index (κ1) is 29.5. The van der Waals surface area contributed by atoms with Gasteiger partial charge in [-0.1, -0.05) is 60.7 Å². The summed E-state index contributed by atoms with van der Waals surface area (Å²) in [5.74, 6) is 1.54. The summed E-state index contributed by atoms with van der Waals surface area (Å²) in [4.78, 5) is 29.2. The average Bonchev–Trinajstić information content (AvgIpc) is 3.24. The number of amides is 2. The monoisotopic (exact) mass is 566 g/mol. The lowest BCUT2D eigenvalue weighted by atomic mass is 9.79. The minimum absolute atomic E-state index is 0.0112. The Morgan fingerprint density at radius 3 is 2.50 bits per heavy atom. The summed E-state index contributed by atoms with van der Waals surface area (Å²) in [6.45, 7) is 8.40. The van der Waals surface area contributed by atoms with E-state index in [2.05, 4.69) is 60.8 Å². The minimum Gasteiger partial charge on any atom is -0.497 e. The zero-order valence-corrected chi connectivity index (χ0v) is 25.2. The Hall–Kier alpha value is -3.97. The highest BCUT2D eigenvalue weighted by molar-refractivity contribution is 6.10. The van der Waals surface area contributed by atoms with E-state index in [1.54, 1.807) is 18.9 Å². The molecule has 0 saturated carbocycles. The van der Waals surface area contributed by atoms with Gasteiger partial charge in [-0.2, -0.15) is 0 Å². The fourth-order valence-corrected chi connectivity index (χ4v) is 6.29. The Bertz CT molecular complexity index is 1450. The Morgan fingerprint density at radius 2 is 1.81 bits per heavy atom. The van der Waals surface area contributed by atoms with Crippen LogP contribution in [0.1, 0.15) is 62.8 Å². The van der Waals surface area contributed by atoms with Crippen LogP contribution in [0, 0.1) is 11.3 Å². The molecule has 42 heavy (non-hydrogen) atoms. The molecule has 220 valence electrons. The van der Waals surface area contributed by atoms with E-state index in [9.17, 15) is 9.59 Å². The van der Waals surface area contributed by atoms with E-state index in [0.29, 0.717) is 31.3 Å². The van der Waals surface area contributed by atoms with E-state index < -0.39 is 5.41 Å². The van der Waals surface area contributed by atoms with Gasteiger partial charge in [0, 0.05) is 45.6 Å². The summed E-state index contributed by atoms with van der Waals surface area (Å²) < 4.78 is 5.58. The van der Waals surface area contributed by atoms with Crippen molar-refractivity contribution >= 4 is 17.6 Å². The maximum atomic E-state index is 13.9. The second-order valence-electron chi connectivity index (χ2n) is 11.9. The third kappa shape index (κ3) is 6.12. The normalized spacial score (nSPS) is 20.2. The van der Waals surface area contributed by atoms with Crippen molar-refractivity contribution in [2.24, 2.45) is 5.92 Å². The van der Waals surface area contributed by atoms with Gasteiger partial charge in [0.25, 0.3) is 0 Å². The number of piperidine rings is 1. The molecule has 0 bridgehead atoms. The van der Waals surface area contributed by atoms with Crippen molar-refractivity contribution in [2.75, 3.05) is 26.7 Å². The summed E-state index contributed by atoms with van der Waals surface area (Å²) in [6.07, 6.45) is 2.10. The van der Waals surface area contributed by atoms with E-state index in [0.717, 1.165) is 53.9 Å². The van der Waals surface area contributed by atoms with Crippen molar-refractivity contribution < 1.29 is 14.3 Å². The highest BCUT2D eigenvalue weighted by atomic mass is 16.5. The van der Waals surface area contributed by atoms with Gasteiger partial charge in [0.05, 0.1) is 12.5 Å². The lowest BCUT2D eigenvalue weighted by molar-refractivity contribution is -0.133. The molecular formula is C35H42N4O3. The number of hydrogen-bond acceptors (Lipinski definition) is 5. The number of methoxy groups -OCH3 is 1. The molecule has 2 unspecified atom stereocenters. The SMILES string of the molecule is COc1ccc(CNC(C)c2ccccc2)c(-c2cccc(C3(C)CC(=N)N(CC4CCN(C(C)=O)CC4)C3=O)c2)c1. The number of carbonyl (C=O) groups is 2. The van der Waals surface area contributed by atoms with Gasteiger partial charge in [-0.15, -0.1) is 0 Å². The van der Waals surface area contributed by atoms with Crippen LogP contribution < -0.4 is 10.1 Å². The lowest BCUT2D eigenvalue weighted by Crippen LogP contribution is -2.43.